The Morgan fingerprint density at radius 3 is 2.48 bits per heavy atom. The lowest BCUT2D eigenvalue weighted by molar-refractivity contribution is -0.0903. The highest BCUT2D eigenvalue weighted by Gasteiger charge is 2.43. The molecule has 1 aliphatic heterocycles. The van der Waals surface area contributed by atoms with Gasteiger partial charge in [0.2, 0.25) is 0 Å². The molecule has 21 heavy (non-hydrogen) atoms. The maximum atomic E-state index is 13.1. The molecule has 1 aliphatic carbocycles. The first kappa shape index (κ1) is 16.9. The van der Waals surface area contributed by atoms with Gasteiger partial charge in [0.15, 0.2) is 0 Å². The van der Waals surface area contributed by atoms with Crippen LogP contribution in [0.25, 0.3) is 0 Å². The predicted octanol–water partition coefficient (Wildman–Crippen LogP) is 5.13. The molecule has 1 nitrogen and oxygen atoms in total. The maximum absolute atomic E-state index is 13.1. The summed E-state index contributed by atoms with van der Waals surface area (Å²) in [5, 5.41) is -0.150. The van der Waals surface area contributed by atoms with Gasteiger partial charge in [0.1, 0.15) is 0 Å². The molecule has 0 amide bonds. The number of hydrogen-bond donors (Lipinski definition) is 0. The SMILES string of the molecule is CCCN1CCC([C@]2(C)C=C(C(F)(F)F)C(Cl)=CC2)CC1. The standard InChI is InChI=1S/C16H23ClF3N/c1-3-8-21-9-5-12(6-10-21)15(2)7-4-14(17)13(11-15)16(18,19)20/h4,11-12H,3,5-10H2,1-2H3/t15-/m0/s1. The number of hydrogen-bond acceptors (Lipinski definition) is 1. The van der Waals surface area contributed by atoms with Crippen molar-refractivity contribution in [1.29, 1.82) is 0 Å². The van der Waals surface area contributed by atoms with E-state index in [0.717, 1.165) is 38.9 Å². The molecule has 0 spiro atoms. The van der Waals surface area contributed by atoms with Crippen LogP contribution in [0.1, 0.15) is 39.5 Å². The highest BCUT2D eigenvalue weighted by molar-refractivity contribution is 6.32. The molecule has 0 bridgehead atoms. The van der Waals surface area contributed by atoms with Gasteiger partial charge in [-0.2, -0.15) is 13.2 Å². The summed E-state index contributed by atoms with van der Waals surface area (Å²) in [4.78, 5) is 2.40. The molecule has 5 heteroatoms. The van der Waals surface area contributed by atoms with E-state index >= 15 is 0 Å². The molecule has 2 aliphatic rings. The Morgan fingerprint density at radius 2 is 1.95 bits per heavy atom. The summed E-state index contributed by atoms with van der Waals surface area (Å²) in [6, 6.07) is 0. The van der Waals surface area contributed by atoms with Crippen molar-refractivity contribution in [2.45, 2.75) is 45.7 Å². The van der Waals surface area contributed by atoms with E-state index in [4.69, 9.17) is 11.6 Å². The monoisotopic (exact) mass is 321 g/mol. The van der Waals surface area contributed by atoms with Gasteiger partial charge < -0.3 is 4.90 Å². The van der Waals surface area contributed by atoms with E-state index in [1.807, 2.05) is 6.92 Å². The van der Waals surface area contributed by atoms with Gasteiger partial charge in [-0.3, -0.25) is 0 Å². The second-order valence-corrected chi connectivity index (χ2v) is 6.84. The van der Waals surface area contributed by atoms with Crippen LogP contribution in [0.4, 0.5) is 13.2 Å². The smallest absolute Gasteiger partial charge is 0.303 e. The van der Waals surface area contributed by atoms with Crippen molar-refractivity contribution in [2.24, 2.45) is 11.3 Å². The Kier molecular flexibility index (Phi) is 5.09. The fourth-order valence-corrected chi connectivity index (χ4v) is 3.75. The summed E-state index contributed by atoms with van der Waals surface area (Å²) in [7, 11) is 0. The Morgan fingerprint density at radius 1 is 1.33 bits per heavy atom. The molecular formula is C16H23ClF3N. The van der Waals surface area contributed by atoms with E-state index < -0.39 is 17.2 Å². The summed E-state index contributed by atoms with van der Waals surface area (Å²) < 4.78 is 39.2. The van der Waals surface area contributed by atoms with Gasteiger partial charge in [-0.05, 0) is 56.7 Å². The minimum absolute atomic E-state index is 0.150. The summed E-state index contributed by atoms with van der Waals surface area (Å²) in [5.41, 5.74) is -1.09. The van der Waals surface area contributed by atoms with E-state index in [2.05, 4.69) is 11.8 Å². The first-order chi connectivity index (χ1) is 9.76. The molecule has 0 aromatic carbocycles. The molecule has 120 valence electrons. The van der Waals surface area contributed by atoms with Crippen LogP contribution in [0.3, 0.4) is 0 Å². The van der Waals surface area contributed by atoms with Crippen molar-refractivity contribution >= 4 is 11.6 Å². The third-order valence-corrected chi connectivity index (χ3v) is 5.18. The quantitative estimate of drug-likeness (QED) is 0.696. The van der Waals surface area contributed by atoms with Crippen molar-refractivity contribution < 1.29 is 13.2 Å². The fourth-order valence-electron chi connectivity index (χ4n) is 3.51. The number of piperidine rings is 1. The average Bonchev–Trinajstić information content (AvgIpc) is 2.42. The van der Waals surface area contributed by atoms with Crippen LogP contribution in [-0.2, 0) is 0 Å². The van der Waals surface area contributed by atoms with Crippen LogP contribution in [0, 0.1) is 11.3 Å². The van der Waals surface area contributed by atoms with Crippen molar-refractivity contribution in [3.8, 4) is 0 Å². The highest BCUT2D eigenvalue weighted by atomic mass is 35.5. The van der Waals surface area contributed by atoms with Crippen molar-refractivity contribution in [2.75, 3.05) is 19.6 Å². The second kappa shape index (κ2) is 6.33. The molecule has 0 unspecified atom stereocenters. The van der Waals surface area contributed by atoms with E-state index in [-0.39, 0.29) is 5.03 Å². The second-order valence-electron chi connectivity index (χ2n) is 6.43. The number of rotatable bonds is 3. The van der Waals surface area contributed by atoms with Gasteiger partial charge in [-0.15, -0.1) is 0 Å². The number of halogens is 4. The molecule has 1 heterocycles. The summed E-state index contributed by atoms with van der Waals surface area (Å²) in [6.07, 6.45) is 2.21. The average molecular weight is 322 g/mol. The molecule has 0 radical (unpaired) electrons. The maximum Gasteiger partial charge on any atom is 0.417 e. The third kappa shape index (κ3) is 3.84. The minimum atomic E-state index is -4.36. The molecule has 0 saturated carbocycles. The fraction of sp³-hybridized carbons (Fsp3) is 0.750. The summed E-state index contributed by atoms with van der Waals surface area (Å²) in [6.45, 7) is 7.15. The van der Waals surface area contributed by atoms with Crippen molar-refractivity contribution in [1.82, 2.24) is 4.90 Å². The molecule has 0 N–H and O–H groups in total. The Hall–Kier alpha value is -0.480. The minimum Gasteiger partial charge on any atom is -0.303 e. The Bertz CT molecular complexity index is 433. The number of nitrogens with zero attached hydrogens (tertiary/aromatic N) is 1. The molecule has 1 saturated heterocycles. The highest BCUT2D eigenvalue weighted by Crippen LogP contribution is 2.48. The Labute approximate surface area is 129 Å². The molecule has 1 fully saturated rings. The van der Waals surface area contributed by atoms with E-state index in [1.54, 1.807) is 6.08 Å². The van der Waals surface area contributed by atoms with Gasteiger partial charge in [-0.25, -0.2) is 0 Å². The van der Waals surface area contributed by atoms with Gasteiger partial charge in [0, 0.05) is 5.03 Å². The zero-order chi connectivity index (χ0) is 15.7. The molecule has 2 rings (SSSR count). The van der Waals surface area contributed by atoms with Gasteiger partial charge in [0.05, 0.1) is 5.57 Å². The zero-order valence-electron chi connectivity index (χ0n) is 12.6. The van der Waals surface area contributed by atoms with Gasteiger partial charge in [0.25, 0.3) is 0 Å². The van der Waals surface area contributed by atoms with Crippen LogP contribution < -0.4 is 0 Å². The topological polar surface area (TPSA) is 3.24 Å². The van der Waals surface area contributed by atoms with E-state index in [1.165, 1.54) is 6.08 Å². The largest absolute Gasteiger partial charge is 0.417 e. The molecule has 0 aromatic heterocycles. The lowest BCUT2D eigenvalue weighted by atomic mass is 9.67. The summed E-state index contributed by atoms with van der Waals surface area (Å²) >= 11 is 5.76. The number of allylic oxidation sites excluding steroid dienone is 4. The van der Waals surface area contributed by atoms with E-state index in [9.17, 15) is 13.2 Å². The number of alkyl halides is 3. The van der Waals surface area contributed by atoms with Crippen molar-refractivity contribution in [3.05, 3.63) is 22.8 Å². The third-order valence-electron chi connectivity index (χ3n) is 4.82. The van der Waals surface area contributed by atoms with Crippen LogP contribution in [0.2, 0.25) is 0 Å². The van der Waals surface area contributed by atoms with Crippen molar-refractivity contribution in [3.63, 3.8) is 0 Å². The van der Waals surface area contributed by atoms with E-state index in [0.29, 0.717) is 12.3 Å². The lowest BCUT2D eigenvalue weighted by Crippen LogP contribution is -2.40. The van der Waals surface area contributed by atoms with Crippen LogP contribution in [0.5, 0.6) is 0 Å². The normalized spacial score (nSPS) is 29.2. The Balaban J connectivity index is 2.11. The molecule has 0 aromatic rings. The molecular weight excluding hydrogens is 299 g/mol. The molecule has 1 atom stereocenters. The van der Waals surface area contributed by atoms with Gasteiger partial charge in [-0.1, -0.05) is 37.6 Å². The van der Waals surface area contributed by atoms with Crippen LogP contribution in [-0.4, -0.2) is 30.7 Å². The zero-order valence-corrected chi connectivity index (χ0v) is 13.4. The predicted molar refractivity (Wildman–Crippen MR) is 80.3 cm³/mol. The van der Waals surface area contributed by atoms with Crippen LogP contribution in [0.15, 0.2) is 22.8 Å². The first-order valence-electron chi connectivity index (χ1n) is 7.64. The summed E-state index contributed by atoms with van der Waals surface area (Å²) in [5.74, 6) is 0.295. The van der Waals surface area contributed by atoms with Gasteiger partial charge >= 0.3 is 6.18 Å². The number of likely N-dealkylation sites (tertiary alicyclic amines) is 1. The lowest BCUT2D eigenvalue weighted by Gasteiger charge is -2.42. The first-order valence-corrected chi connectivity index (χ1v) is 8.02. The van der Waals surface area contributed by atoms with Crippen LogP contribution >= 0.6 is 11.6 Å².